The molecule has 2 aliphatic heterocycles. The van der Waals surface area contributed by atoms with Crippen molar-refractivity contribution in [3.8, 4) is 11.5 Å². The topological polar surface area (TPSA) is 42.0 Å². The molecular weight excluding hydrogens is 420 g/mol. The summed E-state index contributed by atoms with van der Waals surface area (Å²) in [6.07, 6.45) is 2.16. The minimum absolute atomic E-state index is 0.146. The Hall–Kier alpha value is -2.05. The van der Waals surface area contributed by atoms with Gasteiger partial charge in [-0.1, -0.05) is 34.1 Å². The van der Waals surface area contributed by atoms with Gasteiger partial charge in [-0.3, -0.25) is 9.69 Å². The molecule has 2 heterocycles. The molecule has 2 aromatic carbocycles. The first-order valence-electron chi connectivity index (χ1n) is 9.72. The summed E-state index contributed by atoms with van der Waals surface area (Å²) < 4.78 is 12.4. The van der Waals surface area contributed by atoms with E-state index in [0.717, 1.165) is 40.9 Å². The van der Waals surface area contributed by atoms with Crippen LogP contribution in [0.15, 0.2) is 46.9 Å². The van der Waals surface area contributed by atoms with E-state index in [9.17, 15) is 4.79 Å². The minimum atomic E-state index is 0.146. The summed E-state index contributed by atoms with van der Waals surface area (Å²) in [5.41, 5.74) is 2.33. The van der Waals surface area contributed by atoms with Gasteiger partial charge < -0.3 is 14.4 Å². The van der Waals surface area contributed by atoms with Crippen LogP contribution in [-0.2, 0) is 11.3 Å². The molecule has 0 radical (unpaired) electrons. The lowest BCUT2D eigenvalue weighted by molar-refractivity contribution is -0.131. The largest absolute Gasteiger partial charge is 0.486 e. The molecule has 4 rings (SSSR count). The SMILES string of the molecule is CN(Cc1ccc(Br)cc1)C(=O)CN1CCCC1c1ccc2c(c1)OCCO2. The number of nitrogens with zero attached hydrogens (tertiary/aromatic N) is 2. The fourth-order valence-corrected chi connectivity index (χ4v) is 4.17. The lowest BCUT2D eigenvalue weighted by Crippen LogP contribution is -2.37. The molecule has 28 heavy (non-hydrogen) atoms. The number of ether oxygens (including phenoxy) is 2. The molecule has 0 aliphatic carbocycles. The maximum absolute atomic E-state index is 12.8. The second kappa shape index (κ2) is 8.53. The molecular formula is C22H25BrN2O3. The van der Waals surface area contributed by atoms with Crippen molar-refractivity contribution in [3.63, 3.8) is 0 Å². The highest BCUT2D eigenvalue weighted by Crippen LogP contribution is 2.37. The number of rotatable bonds is 5. The fraction of sp³-hybridized carbons (Fsp3) is 0.409. The molecule has 2 aromatic rings. The molecule has 1 amide bonds. The van der Waals surface area contributed by atoms with Crippen LogP contribution in [-0.4, -0.2) is 49.1 Å². The molecule has 0 aromatic heterocycles. The number of halogens is 1. The third-order valence-corrected chi connectivity index (χ3v) is 5.94. The van der Waals surface area contributed by atoms with Gasteiger partial charge in [-0.25, -0.2) is 0 Å². The van der Waals surface area contributed by atoms with Crippen molar-refractivity contribution in [2.75, 3.05) is 33.4 Å². The van der Waals surface area contributed by atoms with E-state index in [-0.39, 0.29) is 11.9 Å². The Balaban J connectivity index is 1.40. The predicted molar refractivity (Wildman–Crippen MR) is 112 cm³/mol. The van der Waals surface area contributed by atoms with Crippen LogP contribution >= 0.6 is 15.9 Å². The number of amides is 1. The molecule has 2 aliphatic rings. The van der Waals surface area contributed by atoms with Gasteiger partial charge in [0.1, 0.15) is 13.2 Å². The van der Waals surface area contributed by atoms with E-state index < -0.39 is 0 Å². The maximum atomic E-state index is 12.8. The second-order valence-corrected chi connectivity index (χ2v) is 8.32. The van der Waals surface area contributed by atoms with Crippen LogP contribution in [0, 0.1) is 0 Å². The van der Waals surface area contributed by atoms with Crippen LogP contribution in [0.2, 0.25) is 0 Å². The van der Waals surface area contributed by atoms with Gasteiger partial charge in [0.25, 0.3) is 0 Å². The normalized spacial score (nSPS) is 18.9. The Labute approximate surface area is 174 Å². The Morgan fingerprint density at radius 2 is 1.89 bits per heavy atom. The molecule has 1 saturated heterocycles. The first kappa shape index (κ1) is 19.3. The van der Waals surface area contributed by atoms with Crippen molar-refractivity contribution in [1.29, 1.82) is 0 Å². The number of likely N-dealkylation sites (tertiary alicyclic amines) is 1. The number of hydrogen-bond acceptors (Lipinski definition) is 4. The number of fused-ring (bicyclic) bond motifs is 1. The molecule has 0 bridgehead atoms. The highest BCUT2D eigenvalue weighted by Gasteiger charge is 2.29. The Morgan fingerprint density at radius 1 is 1.14 bits per heavy atom. The van der Waals surface area contributed by atoms with Gasteiger partial charge in [-0.15, -0.1) is 0 Å². The van der Waals surface area contributed by atoms with E-state index in [4.69, 9.17) is 9.47 Å². The monoisotopic (exact) mass is 444 g/mol. The van der Waals surface area contributed by atoms with Crippen molar-refractivity contribution in [2.24, 2.45) is 0 Å². The van der Waals surface area contributed by atoms with E-state index in [0.29, 0.717) is 26.3 Å². The summed E-state index contributed by atoms with van der Waals surface area (Å²) in [7, 11) is 1.87. The maximum Gasteiger partial charge on any atom is 0.236 e. The van der Waals surface area contributed by atoms with Crippen molar-refractivity contribution < 1.29 is 14.3 Å². The highest BCUT2D eigenvalue weighted by atomic mass is 79.9. The van der Waals surface area contributed by atoms with Crippen molar-refractivity contribution in [2.45, 2.75) is 25.4 Å². The molecule has 1 atom stereocenters. The summed E-state index contributed by atoms with van der Waals surface area (Å²) in [5, 5.41) is 0. The Kier molecular flexibility index (Phi) is 5.87. The highest BCUT2D eigenvalue weighted by molar-refractivity contribution is 9.10. The summed E-state index contributed by atoms with van der Waals surface area (Å²) >= 11 is 3.45. The van der Waals surface area contributed by atoms with Crippen LogP contribution in [0.25, 0.3) is 0 Å². The zero-order valence-electron chi connectivity index (χ0n) is 16.1. The number of carbonyl (C=O) groups is 1. The van der Waals surface area contributed by atoms with Crippen molar-refractivity contribution in [1.82, 2.24) is 9.80 Å². The number of hydrogen-bond donors (Lipinski definition) is 0. The van der Waals surface area contributed by atoms with Crippen molar-refractivity contribution in [3.05, 3.63) is 58.1 Å². The van der Waals surface area contributed by atoms with Crippen LogP contribution in [0.5, 0.6) is 11.5 Å². The lowest BCUT2D eigenvalue weighted by Gasteiger charge is -2.28. The quantitative estimate of drug-likeness (QED) is 0.698. The first-order chi connectivity index (χ1) is 13.6. The van der Waals surface area contributed by atoms with Gasteiger partial charge in [0.15, 0.2) is 11.5 Å². The molecule has 0 saturated carbocycles. The summed E-state index contributed by atoms with van der Waals surface area (Å²) in [6.45, 7) is 3.18. The third-order valence-electron chi connectivity index (χ3n) is 5.41. The summed E-state index contributed by atoms with van der Waals surface area (Å²) in [6, 6.07) is 14.5. The third kappa shape index (κ3) is 4.33. The van der Waals surface area contributed by atoms with Crippen molar-refractivity contribution >= 4 is 21.8 Å². The van der Waals surface area contributed by atoms with Gasteiger partial charge in [0.05, 0.1) is 6.54 Å². The minimum Gasteiger partial charge on any atom is -0.486 e. The zero-order valence-corrected chi connectivity index (χ0v) is 17.7. The van der Waals surface area contributed by atoms with Gasteiger partial charge in [0.2, 0.25) is 5.91 Å². The van der Waals surface area contributed by atoms with E-state index in [1.807, 2.05) is 42.3 Å². The number of carbonyl (C=O) groups excluding carboxylic acids is 1. The van der Waals surface area contributed by atoms with Crippen LogP contribution in [0.1, 0.15) is 30.0 Å². The molecule has 1 unspecified atom stereocenters. The van der Waals surface area contributed by atoms with E-state index in [2.05, 4.69) is 33.0 Å². The van der Waals surface area contributed by atoms with E-state index in [1.165, 1.54) is 5.56 Å². The molecule has 1 fully saturated rings. The van der Waals surface area contributed by atoms with Gasteiger partial charge in [-0.05, 0) is 54.8 Å². The first-order valence-corrected chi connectivity index (χ1v) is 10.5. The van der Waals surface area contributed by atoms with Crippen LogP contribution < -0.4 is 9.47 Å². The number of likely N-dealkylation sites (N-methyl/N-ethyl adjacent to an activating group) is 1. The average Bonchev–Trinajstić information content (AvgIpc) is 3.17. The fourth-order valence-electron chi connectivity index (χ4n) is 3.91. The molecule has 0 N–H and O–H groups in total. The van der Waals surface area contributed by atoms with Crippen LogP contribution in [0.3, 0.4) is 0 Å². The Morgan fingerprint density at radius 3 is 2.68 bits per heavy atom. The van der Waals surface area contributed by atoms with Gasteiger partial charge in [0, 0.05) is 24.1 Å². The molecule has 5 nitrogen and oxygen atoms in total. The summed E-state index contributed by atoms with van der Waals surface area (Å²) in [5.74, 6) is 1.77. The Bertz CT molecular complexity index is 840. The second-order valence-electron chi connectivity index (χ2n) is 7.41. The summed E-state index contributed by atoms with van der Waals surface area (Å²) in [4.78, 5) is 16.9. The molecule has 148 valence electrons. The predicted octanol–water partition coefficient (Wildman–Crippen LogP) is 4.02. The lowest BCUT2D eigenvalue weighted by atomic mass is 10.0. The smallest absolute Gasteiger partial charge is 0.236 e. The average molecular weight is 445 g/mol. The van der Waals surface area contributed by atoms with Gasteiger partial charge >= 0.3 is 0 Å². The molecule has 6 heteroatoms. The van der Waals surface area contributed by atoms with E-state index in [1.54, 1.807) is 0 Å². The zero-order chi connectivity index (χ0) is 19.5. The standard InChI is InChI=1S/C22H25BrN2O3/c1-24(14-16-4-7-18(23)8-5-16)22(26)15-25-10-2-3-19(25)17-6-9-20-21(13-17)28-12-11-27-20/h4-9,13,19H,2-3,10-12,14-15H2,1H3. The van der Waals surface area contributed by atoms with Crippen LogP contribution in [0.4, 0.5) is 0 Å². The number of benzene rings is 2. The van der Waals surface area contributed by atoms with Gasteiger partial charge in [-0.2, -0.15) is 0 Å². The van der Waals surface area contributed by atoms with E-state index >= 15 is 0 Å². The molecule has 0 spiro atoms.